The number of benzene rings is 3. The van der Waals surface area contributed by atoms with Gasteiger partial charge in [-0.05, 0) is 48.2 Å². The first-order valence-electron chi connectivity index (χ1n) is 10.6. The van der Waals surface area contributed by atoms with Gasteiger partial charge in [0.2, 0.25) is 0 Å². The third kappa shape index (κ3) is 5.67. The third-order valence-corrected chi connectivity index (χ3v) is 7.48. The Hall–Kier alpha value is -3.47. The number of carbonyl (C=O) groups excluding carboxylic acids is 2. The lowest BCUT2D eigenvalue weighted by molar-refractivity contribution is -0.123. The highest BCUT2D eigenvalue weighted by Gasteiger charge is 2.35. The first kappa shape index (κ1) is 25.6. The van der Waals surface area contributed by atoms with Crippen LogP contribution >= 0.6 is 23.4 Å². The van der Waals surface area contributed by atoms with Gasteiger partial charge in [0.1, 0.15) is 17.3 Å². The number of imide groups is 1. The van der Waals surface area contributed by atoms with Crippen molar-refractivity contribution in [1.82, 2.24) is 4.90 Å². The Kier molecular flexibility index (Phi) is 7.88. The Balaban J connectivity index is 1.55. The minimum Gasteiger partial charge on any atom is -0.493 e. The number of thioether (sulfide) groups is 1. The Morgan fingerprint density at radius 3 is 2.36 bits per heavy atom. The quantitative estimate of drug-likeness (QED) is 0.266. The highest BCUT2D eigenvalue weighted by molar-refractivity contribution is 8.18. The molecule has 0 atom stereocenters. The summed E-state index contributed by atoms with van der Waals surface area (Å²) in [5.74, 6) is -0.0414. The van der Waals surface area contributed by atoms with Gasteiger partial charge in [0.05, 0.1) is 23.6 Å². The Bertz CT molecular complexity index is 1430. The molecule has 0 saturated carbocycles. The van der Waals surface area contributed by atoms with E-state index in [-0.39, 0.29) is 40.0 Å². The SMILES string of the molecule is COc1cccc(/C=C2\SC(=O)N(CCOc3ccccc3Cl)C2=O)c1OS(=O)(=O)c1ccccc1. The van der Waals surface area contributed by atoms with Crippen LogP contribution in [0.3, 0.4) is 0 Å². The lowest BCUT2D eigenvalue weighted by atomic mass is 10.1. The molecule has 1 aliphatic rings. The topological polar surface area (TPSA) is 99.2 Å². The molecule has 11 heteroatoms. The van der Waals surface area contributed by atoms with E-state index < -0.39 is 21.3 Å². The summed E-state index contributed by atoms with van der Waals surface area (Å²) in [6.07, 6.45) is 1.40. The van der Waals surface area contributed by atoms with Gasteiger partial charge >= 0.3 is 10.1 Å². The van der Waals surface area contributed by atoms with Gasteiger partial charge in [-0.2, -0.15) is 8.42 Å². The zero-order valence-electron chi connectivity index (χ0n) is 18.9. The summed E-state index contributed by atoms with van der Waals surface area (Å²) >= 11 is 6.80. The lowest BCUT2D eigenvalue weighted by Gasteiger charge is -2.14. The fraction of sp³-hybridized carbons (Fsp3) is 0.120. The molecule has 4 rings (SSSR count). The molecule has 1 saturated heterocycles. The van der Waals surface area contributed by atoms with Crippen molar-refractivity contribution in [3.63, 3.8) is 0 Å². The zero-order valence-corrected chi connectivity index (χ0v) is 21.3. The van der Waals surface area contributed by atoms with Crippen molar-refractivity contribution in [3.8, 4) is 17.2 Å². The Labute approximate surface area is 217 Å². The van der Waals surface area contributed by atoms with Crippen LogP contribution in [0.1, 0.15) is 5.56 Å². The van der Waals surface area contributed by atoms with Crippen LogP contribution in [0.4, 0.5) is 4.79 Å². The fourth-order valence-corrected chi connectivity index (χ4v) is 5.31. The molecular weight excluding hydrogens is 526 g/mol. The van der Waals surface area contributed by atoms with E-state index >= 15 is 0 Å². The van der Waals surface area contributed by atoms with Crippen LogP contribution in [0, 0.1) is 0 Å². The molecule has 3 aromatic rings. The van der Waals surface area contributed by atoms with Gasteiger partial charge in [-0.3, -0.25) is 14.5 Å². The Morgan fingerprint density at radius 2 is 1.64 bits per heavy atom. The fourth-order valence-electron chi connectivity index (χ4n) is 3.28. The molecule has 0 unspecified atom stereocenters. The van der Waals surface area contributed by atoms with Crippen molar-refractivity contribution in [1.29, 1.82) is 0 Å². The number of hydrogen-bond donors (Lipinski definition) is 0. The number of halogens is 1. The number of methoxy groups -OCH3 is 1. The zero-order chi connectivity index (χ0) is 25.7. The average Bonchev–Trinajstić information content (AvgIpc) is 3.14. The summed E-state index contributed by atoms with van der Waals surface area (Å²) in [6.45, 7) is 0.0645. The van der Waals surface area contributed by atoms with Crippen molar-refractivity contribution < 1.29 is 31.7 Å². The highest BCUT2D eigenvalue weighted by atomic mass is 35.5. The smallest absolute Gasteiger partial charge is 0.339 e. The van der Waals surface area contributed by atoms with Gasteiger partial charge in [-0.1, -0.05) is 54.1 Å². The van der Waals surface area contributed by atoms with Gasteiger partial charge < -0.3 is 13.7 Å². The molecule has 186 valence electrons. The molecular formula is C25H20ClNO7S2. The van der Waals surface area contributed by atoms with Crippen molar-refractivity contribution in [2.45, 2.75) is 4.90 Å². The van der Waals surface area contributed by atoms with Gasteiger partial charge in [0.25, 0.3) is 11.1 Å². The maximum atomic E-state index is 12.9. The molecule has 0 aliphatic carbocycles. The minimum atomic E-state index is -4.18. The predicted octanol–water partition coefficient (Wildman–Crippen LogP) is 5.23. The lowest BCUT2D eigenvalue weighted by Crippen LogP contribution is -2.32. The van der Waals surface area contributed by atoms with E-state index in [9.17, 15) is 18.0 Å². The summed E-state index contributed by atoms with van der Waals surface area (Å²) in [5.41, 5.74) is 0.256. The van der Waals surface area contributed by atoms with E-state index in [2.05, 4.69) is 0 Å². The van der Waals surface area contributed by atoms with Crippen LogP contribution in [-0.2, 0) is 14.9 Å². The summed E-state index contributed by atoms with van der Waals surface area (Å²) in [6, 6.07) is 19.2. The van der Waals surface area contributed by atoms with Gasteiger partial charge in [0.15, 0.2) is 11.5 Å². The van der Waals surface area contributed by atoms with Crippen molar-refractivity contribution in [3.05, 3.63) is 88.3 Å². The van der Waals surface area contributed by atoms with Crippen molar-refractivity contribution >= 4 is 50.7 Å². The van der Waals surface area contributed by atoms with Crippen molar-refractivity contribution in [2.75, 3.05) is 20.3 Å². The van der Waals surface area contributed by atoms with Gasteiger partial charge in [-0.15, -0.1) is 0 Å². The molecule has 0 radical (unpaired) electrons. The summed E-state index contributed by atoms with van der Waals surface area (Å²) < 4.78 is 42.0. The number of rotatable bonds is 9. The number of carbonyl (C=O) groups is 2. The van der Waals surface area contributed by atoms with Crippen LogP contribution in [0.15, 0.2) is 82.6 Å². The number of nitrogens with zero attached hydrogens (tertiary/aromatic N) is 1. The van der Waals surface area contributed by atoms with E-state index in [1.165, 1.54) is 31.4 Å². The van der Waals surface area contributed by atoms with E-state index in [0.717, 1.165) is 16.7 Å². The molecule has 8 nitrogen and oxygen atoms in total. The molecule has 36 heavy (non-hydrogen) atoms. The number of amides is 2. The van der Waals surface area contributed by atoms with Gasteiger partial charge in [0, 0.05) is 5.56 Å². The molecule has 2 amide bonds. The largest absolute Gasteiger partial charge is 0.493 e. The van der Waals surface area contributed by atoms with Crippen LogP contribution in [-0.4, -0.2) is 44.7 Å². The van der Waals surface area contributed by atoms with Crippen LogP contribution in [0.2, 0.25) is 5.02 Å². The maximum absolute atomic E-state index is 12.9. The molecule has 1 fully saturated rings. The third-order valence-electron chi connectivity index (χ3n) is 5.02. The molecule has 0 N–H and O–H groups in total. The van der Waals surface area contributed by atoms with Crippen LogP contribution in [0.5, 0.6) is 17.2 Å². The van der Waals surface area contributed by atoms with E-state index in [1.807, 2.05) is 0 Å². The summed E-state index contributed by atoms with van der Waals surface area (Å²) in [5, 5.41) is -0.0566. The minimum absolute atomic E-state index is 0.0110. The molecule has 0 spiro atoms. The standard InChI is InChI=1S/C25H20ClNO7S2/c1-32-21-13-7-8-17(23(21)34-36(30,31)18-9-3-2-4-10-18)16-22-24(28)27(25(29)35-22)14-15-33-20-12-6-5-11-19(20)26/h2-13,16H,14-15H2,1H3/b22-16-. The summed E-state index contributed by atoms with van der Waals surface area (Å²) in [7, 11) is -2.82. The summed E-state index contributed by atoms with van der Waals surface area (Å²) in [4.78, 5) is 26.6. The monoisotopic (exact) mass is 545 g/mol. The maximum Gasteiger partial charge on any atom is 0.339 e. The first-order chi connectivity index (χ1) is 17.3. The molecule has 3 aromatic carbocycles. The van der Waals surface area contributed by atoms with E-state index in [0.29, 0.717) is 10.8 Å². The second kappa shape index (κ2) is 11.1. The predicted molar refractivity (Wildman–Crippen MR) is 137 cm³/mol. The molecule has 0 bridgehead atoms. The number of para-hydroxylation sites is 2. The number of hydrogen-bond acceptors (Lipinski definition) is 8. The highest BCUT2D eigenvalue weighted by Crippen LogP contribution is 2.38. The van der Waals surface area contributed by atoms with Crippen LogP contribution < -0.4 is 13.7 Å². The van der Waals surface area contributed by atoms with Gasteiger partial charge in [-0.25, -0.2) is 0 Å². The second-order valence-corrected chi connectivity index (χ2v) is 10.3. The first-order valence-corrected chi connectivity index (χ1v) is 13.2. The number of ether oxygens (including phenoxy) is 2. The molecule has 1 heterocycles. The molecule has 1 aliphatic heterocycles. The molecule has 0 aromatic heterocycles. The normalized spacial score (nSPS) is 14.8. The average molecular weight is 546 g/mol. The van der Waals surface area contributed by atoms with Crippen molar-refractivity contribution in [2.24, 2.45) is 0 Å². The van der Waals surface area contributed by atoms with E-state index in [1.54, 1.807) is 54.6 Å². The van der Waals surface area contributed by atoms with Crippen LogP contribution in [0.25, 0.3) is 6.08 Å². The van der Waals surface area contributed by atoms with E-state index in [4.69, 9.17) is 25.3 Å². The Morgan fingerprint density at radius 1 is 0.944 bits per heavy atom. The second-order valence-electron chi connectivity index (χ2n) is 7.34.